The maximum atomic E-state index is 14.2. The maximum Gasteiger partial charge on any atom is 0.222 e. The van der Waals surface area contributed by atoms with E-state index in [0.717, 1.165) is 27.7 Å². The molecule has 1 aromatic heterocycles. The van der Waals surface area contributed by atoms with Crippen molar-refractivity contribution < 1.29 is 14.0 Å². The Kier molecular flexibility index (Phi) is 4.86. The summed E-state index contributed by atoms with van der Waals surface area (Å²) in [5, 5.41) is 6.72. The fraction of sp³-hybridized carbons (Fsp3) is 0.273. The molecule has 6 heteroatoms. The molecule has 0 unspecified atom stereocenters. The Morgan fingerprint density at radius 3 is 2.82 bits per heavy atom. The summed E-state index contributed by atoms with van der Waals surface area (Å²) in [5.41, 5.74) is 4.19. The van der Waals surface area contributed by atoms with Crippen LogP contribution in [0.4, 0.5) is 4.39 Å². The highest BCUT2D eigenvalue weighted by molar-refractivity contribution is 5.91. The second-order valence-corrected chi connectivity index (χ2v) is 7.27. The van der Waals surface area contributed by atoms with Crippen LogP contribution in [0.5, 0.6) is 0 Å². The monoisotopic (exact) mass is 379 g/mol. The summed E-state index contributed by atoms with van der Waals surface area (Å²) >= 11 is 0. The first kappa shape index (κ1) is 18.2. The van der Waals surface area contributed by atoms with E-state index >= 15 is 0 Å². The number of H-pyrrole nitrogens is 1. The highest BCUT2D eigenvalue weighted by Crippen LogP contribution is 2.31. The highest BCUT2D eigenvalue weighted by Gasteiger charge is 2.23. The summed E-state index contributed by atoms with van der Waals surface area (Å²) in [4.78, 5) is 26.7. The standard InChI is InChI=1S/C22H22FN3O2/c1-13-17-10-14(12-24-21(28)11-15-7-9-20(27)25-15)6-8-19(17)26-22(13)16-4-2-3-5-18(16)23/h2-6,8,10,15,26H,7,9,11-12H2,1H3,(H,24,28)(H,25,27)/t15-/m1/s1. The van der Waals surface area contributed by atoms with Crippen LogP contribution in [0.1, 0.15) is 30.4 Å². The van der Waals surface area contributed by atoms with Crippen molar-refractivity contribution in [3.63, 3.8) is 0 Å². The van der Waals surface area contributed by atoms with Crippen LogP contribution in [0.3, 0.4) is 0 Å². The molecular formula is C22H22FN3O2. The molecule has 5 nitrogen and oxygen atoms in total. The first-order valence-corrected chi connectivity index (χ1v) is 9.43. The fourth-order valence-corrected chi connectivity index (χ4v) is 3.74. The molecule has 1 aliphatic rings. The van der Waals surface area contributed by atoms with Gasteiger partial charge in [-0.1, -0.05) is 18.2 Å². The van der Waals surface area contributed by atoms with Crippen molar-refractivity contribution in [2.24, 2.45) is 0 Å². The predicted molar refractivity (Wildman–Crippen MR) is 106 cm³/mol. The first-order valence-electron chi connectivity index (χ1n) is 9.43. The number of hydrogen-bond donors (Lipinski definition) is 3. The average Bonchev–Trinajstić information content (AvgIpc) is 3.23. The molecule has 1 saturated heterocycles. The van der Waals surface area contributed by atoms with E-state index < -0.39 is 0 Å². The lowest BCUT2D eigenvalue weighted by molar-refractivity contribution is -0.121. The molecule has 28 heavy (non-hydrogen) atoms. The Balaban J connectivity index is 1.49. The molecule has 1 fully saturated rings. The van der Waals surface area contributed by atoms with Crippen molar-refractivity contribution in [1.29, 1.82) is 0 Å². The molecule has 0 aliphatic carbocycles. The molecule has 0 radical (unpaired) electrons. The Bertz CT molecular complexity index is 1060. The smallest absolute Gasteiger partial charge is 0.222 e. The number of halogens is 1. The molecule has 2 heterocycles. The number of nitrogens with one attached hydrogen (secondary N) is 3. The van der Waals surface area contributed by atoms with Gasteiger partial charge in [0.15, 0.2) is 0 Å². The van der Waals surface area contributed by atoms with Crippen molar-refractivity contribution in [1.82, 2.24) is 15.6 Å². The largest absolute Gasteiger partial charge is 0.354 e. The van der Waals surface area contributed by atoms with Crippen LogP contribution in [-0.2, 0) is 16.1 Å². The van der Waals surface area contributed by atoms with Crippen LogP contribution in [0.2, 0.25) is 0 Å². The predicted octanol–water partition coefficient (Wildman–Crippen LogP) is 3.57. The van der Waals surface area contributed by atoms with Crippen LogP contribution < -0.4 is 10.6 Å². The number of aryl methyl sites for hydroxylation is 1. The molecule has 3 N–H and O–H groups in total. The maximum absolute atomic E-state index is 14.2. The van der Waals surface area contributed by atoms with E-state index in [-0.39, 0.29) is 23.7 Å². The number of carbonyl (C=O) groups is 2. The molecule has 3 aromatic rings. The Morgan fingerprint density at radius 2 is 2.07 bits per heavy atom. The van der Waals surface area contributed by atoms with Gasteiger partial charge in [0.25, 0.3) is 0 Å². The molecule has 4 rings (SSSR count). The summed E-state index contributed by atoms with van der Waals surface area (Å²) < 4.78 is 14.2. The zero-order valence-electron chi connectivity index (χ0n) is 15.6. The van der Waals surface area contributed by atoms with E-state index in [0.29, 0.717) is 31.4 Å². The van der Waals surface area contributed by atoms with E-state index in [1.807, 2.05) is 31.2 Å². The van der Waals surface area contributed by atoms with Crippen molar-refractivity contribution in [2.75, 3.05) is 0 Å². The Labute approximate surface area is 162 Å². The number of benzene rings is 2. The summed E-state index contributed by atoms with van der Waals surface area (Å²) in [6, 6.07) is 12.6. The number of hydrogen-bond acceptors (Lipinski definition) is 2. The lowest BCUT2D eigenvalue weighted by Crippen LogP contribution is -2.33. The summed E-state index contributed by atoms with van der Waals surface area (Å²) in [5.74, 6) is -0.328. The van der Waals surface area contributed by atoms with Crippen molar-refractivity contribution in [3.8, 4) is 11.3 Å². The minimum absolute atomic E-state index is 0.0110. The van der Waals surface area contributed by atoms with Crippen LogP contribution in [0, 0.1) is 12.7 Å². The van der Waals surface area contributed by atoms with Gasteiger partial charge in [-0.15, -0.1) is 0 Å². The quantitative estimate of drug-likeness (QED) is 0.634. The number of fused-ring (bicyclic) bond motifs is 1. The van der Waals surface area contributed by atoms with Gasteiger partial charge in [-0.3, -0.25) is 9.59 Å². The van der Waals surface area contributed by atoms with Gasteiger partial charge in [0.05, 0.1) is 5.69 Å². The van der Waals surface area contributed by atoms with Crippen molar-refractivity contribution in [2.45, 2.75) is 38.8 Å². The number of aromatic amines is 1. The topological polar surface area (TPSA) is 74.0 Å². The molecule has 2 aromatic carbocycles. The van der Waals surface area contributed by atoms with E-state index in [1.165, 1.54) is 6.07 Å². The van der Waals surface area contributed by atoms with Gasteiger partial charge in [-0.25, -0.2) is 4.39 Å². The van der Waals surface area contributed by atoms with Crippen LogP contribution in [0.25, 0.3) is 22.2 Å². The lowest BCUT2D eigenvalue weighted by atomic mass is 10.0. The number of aromatic nitrogens is 1. The van der Waals surface area contributed by atoms with Gasteiger partial charge in [0.1, 0.15) is 5.82 Å². The first-order chi connectivity index (χ1) is 13.5. The van der Waals surface area contributed by atoms with E-state index in [4.69, 9.17) is 0 Å². The molecule has 1 atom stereocenters. The van der Waals surface area contributed by atoms with Crippen LogP contribution in [0.15, 0.2) is 42.5 Å². The van der Waals surface area contributed by atoms with Gasteiger partial charge >= 0.3 is 0 Å². The van der Waals surface area contributed by atoms with E-state index in [9.17, 15) is 14.0 Å². The van der Waals surface area contributed by atoms with Gasteiger partial charge in [0.2, 0.25) is 11.8 Å². The average molecular weight is 379 g/mol. The zero-order valence-corrected chi connectivity index (χ0v) is 15.6. The van der Waals surface area contributed by atoms with Crippen molar-refractivity contribution in [3.05, 3.63) is 59.4 Å². The number of carbonyl (C=O) groups excluding carboxylic acids is 2. The van der Waals surface area contributed by atoms with E-state index in [1.54, 1.807) is 12.1 Å². The number of rotatable bonds is 5. The zero-order chi connectivity index (χ0) is 19.7. The van der Waals surface area contributed by atoms with Gasteiger partial charge < -0.3 is 15.6 Å². The molecule has 0 saturated carbocycles. The summed E-state index contributed by atoms with van der Waals surface area (Å²) in [6.45, 7) is 2.38. The molecule has 0 bridgehead atoms. The third-order valence-corrected chi connectivity index (χ3v) is 5.27. The normalized spacial score (nSPS) is 16.4. The SMILES string of the molecule is Cc1c(-c2ccccc2F)[nH]c2ccc(CNC(=O)C[C@H]3CCC(=O)N3)cc12. The van der Waals surface area contributed by atoms with Crippen LogP contribution in [-0.4, -0.2) is 22.8 Å². The highest BCUT2D eigenvalue weighted by atomic mass is 19.1. The molecular weight excluding hydrogens is 357 g/mol. The molecule has 0 spiro atoms. The Morgan fingerprint density at radius 1 is 1.25 bits per heavy atom. The Hall–Kier alpha value is -3.15. The fourth-order valence-electron chi connectivity index (χ4n) is 3.74. The van der Waals surface area contributed by atoms with Crippen LogP contribution >= 0.6 is 0 Å². The minimum atomic E-state index is -0.261. The lowest BCUT2D eigenvalue weighted by Gasteiger charge is -2.10. The molecule has 1 aliphatic heterocycles. The van der Waals surface area contributed by atoms with Gasteiger partial charge in [-0.05, 0) is 48.7 Å². The second-order valence-electron chi connectivity index (χ2n) is 7.27. The minimum Gasteiger partial charge on any atom is -0.354 e. The van der Waals surface area contributed by atoms with E-state index in [2.05, 4.69) is 15.6 Å². The summed E-state index contributed by atoms with van der Waals surface area (Å²) in [7, 11) is 0. The van der Waals surface area contributed by atoms with Crippen molar-refractivity contribution >= 4 is 22.7 Å². The second kappa shape index (κ2) is 7.46. The molecule has 2 amide bonds. The third kappa shape index (κ3) is 3.63. The summed E-state index contributed by atoms with van der Waals surface area (Å²) in [6.07, 6.45) is 1.50. The van der Waals surface area contributed by atoms with Gasteiger partial charge in [-0.2, -0.15) is 0 Å². The number of amides is 2. The third-order valence-electron chi connectivity index (χ3n) is 5.27. The molecule has 144 valence electrons. The van der Waals surface area contributed by atoms with Gasteiger partial charge in [0, 0.05) is 41.9 Å².